The topological polar surface area (TPSA) is 29.1 Å². The van der Waals surface area contributed by atoms with E-state index >= 15 is 0 Å². The van der Waals surface area contributed by atoms with Crippen molar-refractivity contribution < 1.29 is 9.18 Å². The van der Waals surface area contributed by atoms with Crippen molar-refractivity contribution in [2.24, 2.45) is 0 Å². The van der Waals surface area contributed by atoms with Gasteiger partial charge in [0.15, 0.2) is 0 Å². The largest absolute Gasteiger partial charge is 0.322 e. The highest BCUT2D eigenvalue weighted by atomic mass is 35.5. The van der Waals surface area contributed by atoms with Crippen molar-refractivity contribution in [2.45, 2.75) is 0 Å². The van der Waals surface area contributed by atoms with Gasteiger partial charge in [-0.2, -0.15) is 0 Å². The molecule has 0 radical (unpaired) electrons. The zero-order valence-corrected chi connectivity index (χ0v) is 12.8. The summed E-state index contributed by atoms with van der Waals surface area (Å²) in [7, 11) is 0. The molecule has 0 heterocycles. The summed E-state index contributed by atoms with van der Waals surface area (Å²) >= 11 is 5.90. The molecule has 0 aliphatic heterocycles. The van der Waals surface area contributed by atoms with Gasteiger partial charge in [0.05, 0.1) is 10.6 Å². The molecule has 0 spiro atoms. The lowest BCUT2D eigenvalue weighted by atomic mass is 10.1. The third-order valence-electron chi connectivity index (χ3n) is 3.43. The highest BCUT2D eigenvalue weighted by molar-refractivity contribution is 6.34. The summed E-state index contributed by atoms with van der Waals surface area (Å²) < 4.78 is 13.0. The second-order valence-electron chi connectivity index (χ2n) is 5.02. The predicted octanol–water partition coefficient (Wildman–Crippen LogP) is 5.40. The van der Waals surface area contributed by atoms with Crippen LogP contribution in [-0.4, -0.2) is 5.91 Å². The Labute approximate surface area is 138 Å². The SMILES string of the molecule is O=C(Nc1ccc(-c2ccccc2)cc1)c1ccc(F)cc1Cl. The van der Waals surface area contributed by atoms with E-state index in [2.05, 4.69) is 5.32 Å². The average molecular weight is 326 g/mol. The molecule has 2 nitrogen and oxygen atoms in total. The summed E-state index contributed by atoms with van der Waals surface area (Å²) in [5.74, 6) is -0.846. The van der Waals surface area contributed by atoms with Crippen LogP contribution in [0.2, 0.25) is 5.02 Å². The number of amides is 1. The van der Waals surface area contributed by atoms with Crippen LogP contribution in [-0.2, 0) is 0 Å². The molecule has 0 bridgehead atoms. The first kappa shape index (κ1) is 15.3. The van der Waals surface area contributed by atoms with Gasteiger partial charge in [-0.25, -0.2) is 4.39 Å². The van der Waals surface area contributed by atoms with Crippen LogP contribution in [0, 0.1) is 5.82 Å². The first-order valence-corrected chi connectivity index (χ1v) is 7.43. The number of benzene rings is 3. The van der Waals surface area contributed by atoms with E-state index in [1.807, 2.05) is 54.6 Å². The Morgan fingerprint density at radius 1 is 0.870 bits per heavy atom. The third-order valence-corrected chi connectivity index (χ3v) is 3.74. The van der Waals surface area contributed by atoms with Crippen LogP contribution in [0.3, 0.4) is 0 Å². The fraction of sp³-hybridized carbons (Fsp3) is 0. The van der Waals surface area contributed by atoms with Crippen molar-refractivity contribution in [3.63, 3.8) is 0 Å². The van der Waals surface area contributed by atoms with Gasteiger partial charge in [0, 0.05) is 5.69 Å². The molecule has 114 valence electrons. The van der Waals surface area contributed by atoms with Crippen molar-refractivity contribution in [1.29, 1.82) is 0 Å². The van der Waals surface area contributed by atoms with Crippen molar-refractivity contribution in [1.82, 2.24) is 0 Å². The molecule has 3 rings (SSSR count). The first-order chi connectivity index (χ1) is 11.1. The number of anilines is 1. The predicted molar refractivity (Wildman–Crippen MR) is 91.2 cm³/mol. The summed E-state index contributed by atoms with van der Waals surface area (Å²) in [6, 6.07) is 21.1. The molecule has 0 aliphatic rings. The van der Waals surface area contributed by atoms with Crippen LogP contribution in [0.1, 0.15) is 10.4 Å². The maximum atomic E-state index is 13.0. The molecule has 0 fully saturated rings. The Morgan fingerprint density at radius 2 is 1.52 bits per heavy atom. The van der Waals surface area contributed by atoms with Gasteiger partial charge in [0.2, 0.25) is 0 Å². The van der Waals surface area contributed by atoms with Gasteiger partial charge >= 0.3 is 0 Å². The van der Waals surface area contributed by atoms with Gasteiger partial charge in [0.25, 0.3) is 5.91 Å². The fourth-order valence-corrected chi connectivity index (χ4v) is 2.50. The Balaban J connectivity index is 1.77. The molecule has 0 aliphatic carbocycles. The van der Waals surface area contributed by atoms with Crippen LogP contribution in [0.5, 0.6) is 0 Å². The Morgan fingerprint density at radius 3 is 2.17 bits per heavy atom. The van der Waals surface area contributed by atoms with E-state index in [1.54, 1.807) is 0 Å². The maximum absolute atomic E-state index is 13.0. The molecular formula is C19H13ClFNO. The van der Waals surface area contributed by atoms with Crippen molar-refractivity contribution >= 4 is 23.2 Å². The summed E-state index contributed by atoms with van der Waals surface area (Å²) in [6.45, 7) is 0. The maximum Gasteiger partial charge on any atom is 0.257 e. The first-order valence-electron chi connectivity index (χ1n) is 7.05. The lowest BCUT2D eigenvalue weighted by Gasteiger charge is -2.08. The smallest absolute Gasteiger partial charge is 0.257 e. The van der Waals surface area contributed by atoms with Crippen LogP contribution in [0.4, 0.5) is 10.1 Å². The number of carbonyl (C=O) groups is 1. The molecule has 1 N–H and O–H groups in total. The number of hydrogen-bond acceptors (Lipinski definition) is 1. The van der Waals surface area contributed by atoms with E-state index in [4.69, 9.17) is 11.6 Å². The van der Waals surface area contributed by atoms with Gasteiger partial charge in [-0.1, -0.05) is 54.1 Å². The van der Waals surface area contributed by atoms with E-state index in [1.165, 1.54) is 12.1 Å². The van der Waals surface area contributed by atoms with Crippen molar-refractivity contribution in [3.05, 3.63) is 89.2 Å². The average Bonchev–Trinajstić information content (AvgIpc) is 2.56. The van der Waals surface area contributed by atoms with Crippen LogP contribution < -0.4 is 5.32 Å². The Bertz CT molecular complexity index is 832. The zero-order valence-electron chi connectivity index (χ0n) is 12.1. The minimum Gasteiger partial charge on any atom is -0.322 e. The molecule has 0 saturated heterocycles. The number of rotatable bonds is 3. The molecule has 0 aromatic heterocycles. The number of hydrogen-bond donors (Lipinski definition) is 1. The molecule has 1 amide bonds. The molecule has 0 atom stereocenters. The van der Waals surface area contributed by atoms with Crippen molar-refractivity contribution in [3.8, 4) is 11.1 Å². The molecule has 0 unspecified atom stereocenters. The molecule has 3 aromatic carbocycles. The fourth-order valence-electron chi connectivity index (χ4n) is 2.25. The van der Waals surface area contributed by atoms with E-state index in [-0.39, 0.29) is 16.5 Å². The van der Waals surface area contributed by atoms with Gasteiger partial charge in [-0.05, 0) is 41.5 Å². The van der Waals surface area contributed by atoms with E-state index in [0.29, 0.717) is 5.69 Å². The minimum absolute atomic E-state index is 0.0865. The second-order valence-corrected chi connectivity index (χ2v) is 5.43. The molecule has 3 aromatic rings. The molecule has 23 heavy (non-hydrogen) atoms. The van der Waals surface area contributed by atoms with E-state index < -0.39 is 5.82 Å². The third kappa shape index (κ3) is 3.58. The van der Waals surface area contributed by atoms with Crippen LogP contribution >= 0.6 is 11.6 Å². The monoisotopic (exact) mass is 325 g/mol. The molecule has 4 heteroatoms. The lowest BCUT2D eigenvalue weighted by molar-refractivity contribution is 0.102. The Kier molecular flexibility index (Phi) is 4.40. The number of nitrogens with one attached hydrogen (secondary N) is 1. The summed E-state index contributed by atoms with van der Waals surface area (Å²) in [5, 5.41) is 2.84. The van der Waals surface area contributed by atoms with Gasteiger partial charge in [-0.3, -0.25) is 4.79 Å². The summed E-state index contributed by atoms with van der Waals surface area (Å²) in [5.41, 5.74) is 3.05. The number of halogens is 2. The minimum atomic E-state index is -0.473. The molecular weight excluding hydrogens is 313 g/mol. The normalized spacial score (nSPS) is 10.3. The quantitative estimate of drug-likeness (QED) is 0.686. The highest BCUT2D eigenvalue weighted by Gasteiger charge is 2.11. The van der Waals surface area contributed by atoms with Gasteiger partial charge < -0.3 is 5.32 Å². The standard InChI is InChI=1S/C19H13ClFNO/c20-18-12-15(21)8-11-17(18)19(23)22-16-9-6-14(7-10-16)13-4-2-1-3-5-13/h1-12H,(H,22,23). The van der Waals surface area contributed by atoms with Crippen LogP contribution in [0.15, 0.2) is 72.8 Å². The Hall–Kier alpha value is -2.65. The van der Waals surface area contributed by atoms with Gasteiger partial charge in [-0.15, -0.1) is 0 Å². The summed E-state index contributed by atoms with van der Waals surface area (Å²) in [4.78, 5) is 12.2. The lowest BCUT2D eigenvalue weighted by Crippen LogP contribution is -2.12. The number of carbonyl (C=O) groups excluding carboxylic acids is 1. The zero-order chi connectivity index (χ0) is 16.2. The summed E-state index contributed by atoms with van der Waals surface area (Å²) in [6.07, 6.45) is 0. The van der Waals surface area contributed by atoms with Crippen LogP contribution in [0.25, 0.3) is 11.1 Å². The van der Waals surface area contributed by atoms with Gasteiger partial charge in [0.1, 0.15) is 5.82 Å². The van der Waals surface area contributed by atoms with Crippen molar-refractivity contribution in [2.75, 3.05) is 5.32 Å². The second kappa shape index (κ2) is 6.63. The molecule has 0 saturated carbocycles. The van der Waals surface area contributed by atoms with E-state index in [9.17, 15) is 9.18 Å². The van der Waals surface area contributed by atoms with E-state index in [0.717, 1.165) is 17.2 Å². The highest BCUT2D eigenvalue weighted by Crippen LogP contribution is 2.22.